The topological polar surface area (TPSA) is 90.3 Å². The molecule has 1 aromatic carbocycles. The van der Waals surface area contributed by atoms with Crippen molar-refractivity contribution in [3.8, 4) is 6.07 Å². The molecule has 0 radical (unpaired) electrons. The summed E-state index contributed by atoms with van der Waals surface area (Å²) >= 11 is 0. The number of benzene rings is 1. The number of rotatable bonds is 5. The Hall–Kier alpha value is -1.91. The smallest absolute Gasteiger partial charge is 0.241 e. The minimum absolute atomic E-state index is 0.0301. The molecule has 1 aliphatic rings. The maximum atomic E-state index is 12.2. The van der Waals surface area contributed by atoms with Crippen molar-refractivity contribution in [3.63, 3.8) is 0 Å². The lowest BCUT2D eigenvalue weighted by molar-refractivity contribution is -0.133. The van der Waals surface area contributed by atoms with Crippen LogP contribution in [0.2, 0.25) is 0 Å². The van der Waals surface area contributed by atoms with E-state index in [2.05, 4.69) is 4.72 Å². The monoisotopic (exact) mass is 307 g/mol. The predicted molar refractivity (Wildman–Crippen MR) is 76.8 cm³/mol. The van der Waals surface area contributed by atoms with Crippen LogP contribution in [0.15, 0.2) is 29.2 Å². The van der Waals surface area contributed by atoms with Crippen molar-refractivity contribution in [1.29, 1.82) is 5.26 Å². The number of sulfonamides is 1. The normalized spacial score (nSPS) is 15.8. The zero-order valence-corrected chi connectivity index (χ0v) is 12.4. The molecule has 21 heavy (non-hydrogen) atoms. The van der Waals surface area contributed by atoms with E-state index in [9.17, 15) is 13.2 Å². The van der Waals surface area contributed by atoms with E-state index in [1.807, 2.05) is 6.07 Å². The quantitative estimate of drug-likeness (QED) is 0.873. The van der Waals surface area contributed by atoms with Crippen molar-refractivity contribution < 1.29 is 13.2 Å². The Bertz CT molecular complexity index is 664. The number of carbonyl (C=O) groups is 1. The fraction of sp³-hybridized carbons (Fsp3) is 0.429. The van der Waals surface area contributed by atoms with Gasteiger partial charge in [0.1, 0.15) is 6.07 Å². The number of nitrogens with zero attached hydrogens (tertiary/aromatic N) is 2. The van der Waals surface area contributed by atoms with Gasteiger partial charge in [0, 0.05) is 26.1 Å². The van der Waals surface area contributed by atoms with E-state index in [0.717, 1.165) is 12.8 Å². The molecule has 1 heterocycles. The largest absolute Gasteiger partial charge is 0.341 e. The van der Waals surface area contributed by atoms with Gasteiger partial charge in [-0.2, -0.15) is 5.26 Å². The average molecular weight is 307 g/mol. The summed E-state index contributed by atoms with van der Waals surface area (Å²) in [5.41, 5.74) is 0.110. The van der Waals surface area contributed by atoms with Crippen molar-refractivity contribution in [2.24, 2.45) is 0 Å². The fourth-order valence-corrected chi connectivity index (χ4v) is 3.46. The second-order valence-electron chi connectivity index (χ2n) is 4.84. The number of hydrogen-bond donors (Lipinski definition) is 1. The van der Waals surface area contributed by atoms with Crippen molar-refractivity contribution in [3.05, 3.63) is 29.8 Å². The third-order valence-electron chi connectivity index (χ3n) is 3.39. The first kappa shape index (κ1) is 15.5. The van der Waals surface area contributed by atoms with Gasteiger partial charge < -0.3 is 4.90 Å². The Labute approximate surface area is 124 Å². The van der Waals surface area contributed by atoms with E-state index in [0.29, 0.717) is 19.5 Å². The average Bonchev–Trinajstić information content (AvgIpc) is 2.49. The first-order chi connectivity index (χ1) is 10.0. The van der Waals surface area contributed by atoms with Crippen LogP contribution in [0.1, 0.15) is 24.8 Å². The third kappa shape index (κ3) is 3.80. The summed E-state index contributed by atoms with van der Waals surface area (Å²) in [4.78, 5) is 13.3. The molecule has 0 bridgehead atoms. The Balaban J connectivity index is 1.99. The summed E-state index contributed by atoms with van der Waals surface area (Å²) < 4.78 is 26.8. The number of hydrogen-bond acceptors (Lipinski definition) is 4. The third-order valence-corrected chi connectivity index (χ3v) is 4.91. The van der Waals surface area contributed by atoms with Gasteiger partial charge in [0.25, 0.3) is 0 Å². The van der Waals surface area contributed by atoms with Gasteiger partial charge in [-0.15, -0.1) is 0 Å². The summed E-state index contributed by atoms with van der Waals surface area (Å²) in [6, 6.07) is 7.91. The Morgan fingerprint density at radius 1 is 1.29 bits per heavy atom. The van der Waals surface area contributed by atoms with Crippen molar-refractivity contribution in [2.75, 3.05) is 19.6 Å². The van der Waals surface area contributed by atoms with E-state index in [1.54, 1.807) is 17.0 Å². The number of piperidine rings is 1. The van der Waals surface area contributed by atoms with Crippen LogP contribution in [0, 0.1) is 11.3 Å². The van der Waals surface area contributed by atoms with Gasteiger partial charge in [-0.1, -0.05) is 12.1 Å². The van der Waals surface area contributed by atoms with Gasteiger partial charge in [-0.05, 0) is 25.0 Å². The molecule has 0 unspecified atom stereocenters. The van der Waals surface area contributed by atoms with Gasteiger partial charge in [0.15, 0.2) is 0 Å². The van der Waals surface area contributed by atoms with Crippen LogP contribution in [-0.4, -0.2) is 38.9 Å². The lowest BCUT2D eigenvalue weighted by Gasteiger charge is -2.26. The van der Waals surface area contributed by atoms with Crippen LogP contribution in [0.3, 0.4) is 0 Å². The number of carbonyl (C=O) groups excluding carboxylic acids is 1. The minimum Gasteiger partial charge on any atom is -0.341 e. The van der Waals surface area contributed by atoms with Gasteiger partial charge in [-0.25, -0.2) is 13.1 Å². The highest BCUT2D eigenvalue weighted by Crippen LogP contribution is 2.14. The molecule has 0 saturated carbocycles. The van der Waals surface area contributed by atoms with E-state index < -0.39 is 10.0 Å². The van der Waals surface area contributed by atoms with E-state index >= 15 is 0 Å². The number of nitriles is 1. The van der Waals surface area contributed by atoms with Gasteiger partial charge >= 0.3 is 0 Å². The predicted octanol–water partition coefficient (Wildman–Crippen LogP) is 0.849. The van der Waals surface area contributed by atoms with Crippen LogP contribution in [0.5, 0.6) is 0 Å². The standard InChI is InChI=1S/C14H17N3O3S/c15-11-12-5-1-2-6-13(12)21(19,20)16-8-10-17-9-4-3-7-14(17)18/h1-2,5-6,16H,3-4,7-10H2. The van der Waals surface area contributed by atoms with Crippen molar-refractivity contribution in [2.45, 2.75) is 24.2 Å². The lowest BCUT2D eigenvalue weighted by Crippen LogP contribution is -2.41. The van der Waals surface area contributed by atoms with Crippen molar-refractivity contribution >= 4 is 15.9 Å². The molecule has 6 nitrogen and oxygen atoms in total. The SMILES string of the molecule is N#Cc1ccccc1S(=O)(=O)NCCN1CCCCC1=O. The number of nitrogens with one attached hydrogen (secondary N) is 1. The first-order valence-corrected chi connectivity index (χ1v) is 8.29. The van der Waals surface area contributed by atoms with Crippen LogP contribution in [0.25, 0.3) is 0 Å². The lowest BCUT2D eigenvalue weighted by atomic mass is 10.1. The highest BCUT2D eigenvalue weighted by molar-refractivity contribution is 7.89. The number of likely N-dealkylation sites (tertiary alicyclic amines) is 1. The molecule has 1 saturated heterocycles. The Kier molecular flexibility index (Phi) is 4.94. The van der Waals surface area contributed by atoms with Gasteiger partial charge in [0.2, 0.25) is 15.9 Å². The van der Waals surface area contributed by atoms with E-state index in [1.165, 1.54) is 12.1 Å². The summed E-state index contributed by atoms with van der Waals surface area (Å²) in [6.07, 6.45) is 2.39. The zero-order valence-electron chi connectivity index (χ0n) is 11.6. The molecular formula is C14H17N3O3S. The maximum Gasteiger partial charge on any atom is 0.241 e. The van der Waals surface area contributed by atoms with Crippen LogP contribution >= 0.6 is 0 Å². The molecule has 0 atom stereocenters. The molecule has 2 rings (SSSR count). The summed E-state index contributed by atoms with van der Waals surface area (Å²) in [7, 11) is -3.73. The van der Waals surface area contributed by atoms with Gasteiger partial charge in [0.05, 0.1) is 10.5 Å². The molecule has 0 aliphatic carbocycles. The highest BCUT2D eigenvalue weighted by Gasteiger charge is 2.20. The van der Waals surface area contributed by atoms with E-state index in [4.69, 9.17) is 5.26 Å². The van der Waals surface area contributed by atoms with Crippen molar-refractivity contribution in [1.82, 2.24) is 9.62 Å². The second-order valence-corrected chi connectivity index (χ2v) is 6.58. The molecule has 0 aromatic heterocycles. The first-order valence-electron chi connectivity index (χ1n) is 6.81. The zero-order chi connectivity index (χ0) is 15.3. The fourth-order valence-electron chi connectivity index (χ4n) is 2.28. The maximum absolute atomic E-state index is 12.2. The molecule has 1 N–H and O–H groups in total. The summed E-state index contributed by atoms with van der Waals surface area (Å²) in [6.45, 7) is 1.18. The molecule has 1 fully saturated rings. The molecule has 0 spiro atoms. The molecular weight excluding hydrogens is 290 g/mol. The summed E-state index contributed by atoms with van der Waals surface area (Å²) in [5.74, 6) is 0.0675. The molecule has 1 amide bonds. The Morgan fingerprint density at radius 2 is 2.05 bits per heavy atom. The van der Waals surface area contributed by atoms with Crippen LogP contribution in [0.4, 0.5) is 0 Å². The molecule has 1 aromatic rings. The highest BCUT2D eigenvalue weighted by atomic mass is 32.2. The molecule has 7 heteroatoms. The van der Waals surface area contributed by atoms with Gasteiger partial charge in [-0.3, -0.25) is 4.79 Å². The van der Waals surface area contributed by atoms with Crippen LogP contribution in [-0.2, 0) is 14.8 Å². The van der Waals surface area contributed by atoms with E-state index in [-0.39, 0.29) is 22.9 Å². The summed E-state index contributed by atoms with van der Waals surface area (Å²) in [5, 5.41) is 8.95. The second kappa shape index (κ2) is 6.70. The minimum atomic E-state index is -3.73. The molecule has 1 aliphatic heterocycles. The molecule has 112 valence electrons. The Morgan fingerprint density at radius 3 is 2.76 bits per heavy atom. The van der Waals surface area contributed by atoms with Crippen LogP contribution < -0.4 is 4.72 Å². The number of amides is 1.